The molecule has 1 heterocycles. The minimum Gasteiger partial charge on any atom is -0.493 e. The fourth-order valence-electron chi connectivity index (χ4n) is 3.13. The number of hydrogen-bond acceptors (Lipinski definition) is 6. The molecule has 0 saturated heterocycles. The number of amides is 1. The SMILES string of the molecule is COc1cc(C(=O)O[C@@H](C)C(=O)N[C@@H](C)CCc2ccccc2)cc2c1OCCO2. The van der Waals surface area contributed by atoms with Crippen molar-refractivity contribution in [2.75, 3.05) is 20.3 Å². The molecule has 2 aromatic rings. The fraction of sp³-hybridized carbons (Fsp3) is 0.391. The van der Waals surface area contributed by atoms with Crippen LogP contribution in [0.25, 0.3) is 0 Å². The lowest BCUT2D eigenvalue weighted by Gasteiger charge is -2.22. The second-order valence-electron chi connectivity index (χ2n) is 7.18. The van der Waals surface area contributed by atoms with Crippen LogP contribution in [0.4, 0.5) is 0 Å². The molecule has 7 heteroatoms. The molecule has 3 rings (SSSR count). The molecule has 0 bridgehead atoms. The van der Waals surface area contributed by atoms with Gasteiger partial charge in [-0.25, -0.2) is 4.79 Å². The number of fused-ring (bicyclic) bond motifs is 1. The Balaban J connectivity index is 1.55. The summed E-state index contributed by atoms with van der Waals surface area (Å²) >= 11 is 0. The van der Waals surface area contributed by atoms with E-state index in [1.165, 1.54) is 24.8 Å². The summed E-state index contributed by atoms with van der Waals surface area (Å²) in [5.41, 5.74) is 1.44. The second kappa shape index (κ2) is 10.0. The Morgan fingerprint density at radius 2 is 1.83 bits per heavy atom. The van der Waals surface area contributed by atoms with Crippen LogP contribution in [0.1, 0.15) is 36.2 Å². The molecular formula is C23H27NO6. The first kappa shape index (κ1) is 21.5. The maximum absolute atomic E-state index is 12.6. The van der Waals surface area contributed by atoms with Crippen molar-refractivity contribution in [2.45, 2.75) is 38.8 Å². The van der Waals surface area contributed by atoms with Crippen molar-refractivity contribution >= 4 is 11.9 Å². The van der Waals surface area contributed by atoms with Gasteiger partial charge in [-0.15, -0.1) is 0 Å². The van der Waals surface area contributed by atoms with Gasteiger partial charge in [-0.1, -0.05) is 30.3 Å². The first-order valence-corrected chi connectivity index (χ1v) is 10.0. The fourth-order valence-corrected chi connectivity index (χ4v) is 3.13. The van der Waals surface area contributed by atoms with Crippen LogP contribution >= 0.6 is 0 Å². The minimum atomic E-state index is -0.934. The Kier molecular flexibility index (Phi) is 7.17. The van der Waals surface area contributed by atoms with Gasteiger partial charge in [0, 0.05) is 6.04 Å². The smallest absolute Gasteiger partial charge is 0.339 e. The zero-order valence-corrected chi connectivity index (χ0v) is 17.5. The number of aryl methyl sites for hydroxylation is 1. The number of benzene rings is 2. The van der Waals surface area contributed by atoms with Gasteiger partial charge in [-0.3, -0.25) is 4.79 Å². The molecular weight excluding hydrogens is 386 g/mol. The summed E-state index contributed by atoms with van der Waals surface area (Å²) in [6.07, 6.45) is 0.708. The van der Waals surface area contributed by atoms with Crippen molar-refractivity contribution in [2.24, 2.45) is 0 Å². The van der Waals surface area contributed by atoms with Gasteiger partial charge in [-0.05, 0) is 44.4 Å². The topological polar surface area (TPSA) is 83.1 Å². The third-order valence-electron chi connectivity index (χ3n) is 4.81. The molecule has 30 heavy (non-hydrogen) atoms. The number of methoxy groups -OCH3 is 1. The zero-order valence-electron chi connectivity index (χ0n) is 17.5. The zero-order chi connectivity index (χ0) is 21.5. The summed E-state index contributed by atoms with van der Waals surface area (Å²) in [4.78, 5) is 25.0. The normalized spacial score (nSPS) is 14.4. The average Bonchev–Trinajstić information content (AvgIpc) is 2.77. The number of rotatable bonds is 8. The molecule has 0 saturated carbocycles. The van der Waals surface area contributed by atoms with E-state index in [2.05, 4.69) is 17.4 Å². The van der Waals surface area contributed by atoms with Gasteiger partial charge in [0.1, 0.15) is 13.2 Å². The van der Waals surface area contributed by atoms with E-state index in [1.807, 2.05) is 25.1 Å². The molecule has 1 aliphatic heterocycles. The van der Waals surface area contributed by atoms with Crippen molar-refractivity contribution in [1.82, 2.24) is 5.32 Å². The van der Waals surface area contributed by atoms with Crippen molar-refractivity contribution in [1.29, 1.82) is 0 Å². The van der Waals surface area contributed by atoms with Crippen molar-refractivity contribution in [3.05, 3.63) is 53.6 Å². The van der Waals surface area contributed by atoms with Crippen LogP contribution < -0.4 is 19.5 Å². The first-order valence-electron chi connectivity index (χ1n) is 10.0. The Labute approximate surface area is 176 Å². The van der Waals surface area contributed by atoms with E-state index in [0.29, 0.717) is 30.5 Å². The molecule has 0 fully saturated rings. The quantitative estimate of drug-likeness (QED) is 0.670. The first-order chi connectivity index (χ1) is 14.5. The van der Waals surface area contributed by atoms with Crippen LogP contribution in [0.15, 0.2) is 42.5 Å². The highest BCUT2D eigenvalue weighted by Crippen LogP contribution is 2.40. The summed E-state index contributed by atoms with van der Waals surface area (Å²) < 4.78 is 21.7. The third kappa shape index (κ3) is 5.43. The van der Waals surface area contributed by atoms with E-state index < -0.39 is 12.1 Å². The van der Waals surface area contributed by atoms with Crippen LogP contribution in [0.3, 0.4) is 0 Å². The van der Waals surface area contributed by atoms with Gasteiger partial charge in [0.05, 0.1) is 12.7 Å². The van der Waals surface area contributed by atoms with Gasteiger partial charge in [0.25, 0.3) is 5.91 Å². The molecule has 1 aliphatic rings. The largest absolute Gasteiger partial charge is 0.493 e. The molecule has 0 radical (unpaired) electrons. The summed E-state index contributed by atoms with van der Waals surface area (Å²) in [5, 5.41) is 2.89. The molecule has 7 nitrogen and oxygen atoms in total. The predicted molar refractivity (Wildman–Crippen MR) is 111 cm³/mol. The van der Waals surface area contributed by atoms with Gasteiger partial charge >= 0.3 is 5.97 Å². The Morgan fingerprint density at radius 3 is 2.57 bits per heavy atom. The van der Waals surface area contributed by atoms with Gasteiger partial charge in [-0.2, -0.15) is 0 Å². The number of nitrogens with one attached hydrogen (secondary N) is 1. The van der Waals surface area contributed by atoms with E-state index in [-0.39, 0.29) is 17.5 Å². The van der Waals surface area contributed by atoms with E-state index >= 15 is 0 Å². The standard InChI is InChI=1S/C23H27NO6/c1-15(9-10-17-7-5-4-6-8-17)24-22(25)16(2)30-23(26)18-13-19(27-3)21-20(14-18)28-11-12-29-21/h4-8,13-16H,9-12H2,1-3H3,(H,24,25)/t15-,16-/m0/s1. The molecule has 0 unspecified atom stereocenters. The van der Waals surface area contributed by atoms with Gasteiger partial charge < -0.3 is 24.3 Å². The number of hydrogen-bond donors (Lipinski definition) is 1. The maximum atomic E-state index is 12.6. The Morgan fingerprint density at radius 1 is 1.10 bits per heavy atom. The highest BCUT2D eigenvalue weighted by Gasteiger charge is 2.24. The molecule has 0 aromatic heterocycles. The maximum Gasteiger partial charge on any atom is 0.339 e. The van der Waals surface area contributed by atoms with Crippen LogP contribution in [-0.4, -0.2) is 44.3 Å². The summed E-state index contributed by atoms with van der Waals surface area (Å²) in [6, 6.07) is 13.1. The molecule has 0 aliphatic carbocycles. The van der Waals surface area contributed by atoms with E-state index in [0.717, 1.165) is 12.8 Å². The number of ether oxygens (including phenoxy) is 4. The second-order valence-corrected chi connectivity index (χ2v) is 7.18. The molecule has 1 amide bonds. The minimum absolute atomic E-state index is 0.0479. The van der Waals surface area contributed by atoms with Crippen LogP contribution in [0.5, 0.6) is 17.2 Å². The van der Waals surface area contributed by atoms with E-state index in [4.69, 9.17) is 18.9 Å². The Bertz CT molecular complexity index is 866. The van der Waals surface area contributed by atoms with E-state index in [1.54, 1.807) is 6.92 Å². The lowest BCUT2D eigenvalue weighted by molar-refractivity contribution is -0.129. The molecule has 160 valence electrons. The molecule has 2 aromatic carbocycles. The molecule has 0 spiro atoms. The van der Waals surface area contributed by atoms with Crippen LogP contribution in [-0.2, 0) is 16.0 Å². The average molecular weight is 413 g/mol. The summed E-state index contributed by atoms with van der Waals surface area (Å²) in [6.45, 7) is 4.27. The van der Waals surface area contributed by atoms with Crippen molar-refractivity contribution in [3.63, 3.8) is 0 Å². The predicted octanol–water partition coefficient (Wildman–Crippen LogP) is 3.15. The number of carbonyl (C=O) groups is 2. The molecule has 2 atom stereocenters. The Hall–Kier alpha value is -3.22. The monoisotopic (exact) mass is 413 g/mol. The third-order valence-corrected chi connectivity index (χ3v) is 4.81. The van der Waals surface area contributed by atoms with Gasteiger partial charge in [0.15, 0.2) is 17.6 Å². The highest BCUT2D eigenvalue weighted by molar-refractivity contribution is 5.93. The summed E-state index contributed by atoms with van der Waals surface area (Å²) in [5.74, 6) is 0.279. The highest BCUT2D eigenvalue weighted by atomic mass is 16.6. The van der Waals surface area contributed by atoms with Gasteiger partial charge in [0.2, 0.25) is 5.75 Å². The molecule has 1 N–H and O–H groups in total. The van der Waals surface area contributed by atoms with Crippen molar-refractivity contribution in [3.8, 4) is 17.2 Å². The van der Waals surface area contributed by atoms with Crippen LogP contribution in [0, 0.1) is 0 Å². The summed E-state index contributed by atoms with van der Waals surface area (Å²) in [7, 11) is 1.48. The van der Waals surface area contributed by atoms with E-state index in [9.17, 15) is 9.59 Å². The lowest BCUT2D eigenvalue weighted by atomic mass is 10.1. The van der Waals surface area contributed by atoms with Crippen molar-refractivity contribution < 1.29 is 28.5 Å². The number of carbonyl (C=O) groups excluding carboxylic acids is 2. The number of esters is 1. The van der Waals surface area contributed by atoms with Crippen LogP contribution in [0.2, 0.25) is 0 Å². The lowest BCUT2D eigenvalue weighted by Crippen LogP contribution is -2.41.